The van der Waals surface area contributed by atoms with Gasteiger partial charge in [0.25, 0.3) is 0 Å². The molecular formula is C11H11N3O2. The third-order valence-electron chi connectivity index (χ3n) is 2.06. The molecule has 0 bridgehead atoms. The molecule has 2 rings (SSSR count). The number of fused-ring (bicyclic) bond motifs is 1. The molecule has 5 nitrogen and oxygen atoms in total. The molecule has 82 valence electrons. The first-order valence-electron chi connectivity index (χ1n) is 4.92. The van der Waals surface area contributed by atoms with Gasteiger partial charge in [0, 0.05) is 24.2 Å². The van der Waals surface area contributed by atoms with Crippen molar-refractivity contribution in [1.82, 2.24) is 14.9 Å². The summed E-state index contributed by atoms with van der Waals surface area (Å²) in [4.78, 5) is 20.8. The van der Waals surface area contributed by atoms with Gasteiger partial charge in [-0.3, -0.25) is 4.90 Å². The molecule has 1 aromatic heterocycles. The number of rotatable bonds is 1. The molecule has 16 heavy (non-hydrogen) atoms. The fourth-order valence-corrected chi connectivity index (χ4v) is 1.30. The van der Waals surface area contributed by atoms with E-state index in [1.54, 1.807) is 37.7 Å². The lowest BCUT2D eigenvalue weighted by atomic mass is 10.2. The summed E-state index contributed by atoms with van der Waals surface area (Å²) in [6.45, 7) is 2.12. The van der Waals surface area contributed by atoms with Crippen molar-refractivity contribution in [3.05, 3.63) is 36.2 Å². The maximum absolute atomic E-state index is 11.5. The minimum atomic E-state index is -0.407. The second-order valence-electron chi connectivity index (χ2n) is 3.10. The lowest BCUT2D eigenvalue weighted by molar-refractivity contribution is 0.134. The van der Waals surface area contributed by atoms with Crippen molar-refractivity contribution in [1.29, 1.82) is 0 Å². The molecule has 5 heteroatoms. The third kappa shape index (κ3) is 2.08. The van der Waals surface area contributed by atoms with Crippen LogP contribution in [0.25, 0.3) is 12.2 Å². The van der Waals surface area contributed by atoms with Gasteiger partial charge in [0.1, 0.15) is 6.33 Å². The summed E-state index contributed by atoms with van der Waals surface area (Å²) in [5.41, 5.74) is 1.64. The molecule has 0 radical (unpaired) electrons. The lowest BCUT2D eigenvalue weighted by Gasteiger charge is -2.11. The van der Waals surface area contributed by atoms with E-state index in [4.69, 9.17) is 4.74 Å². The second kappa shape index (κ2) is 4.57. The highest BCUT2D eigenvalue weighted by Crippen LogP contribution is 2.14. The Bertz CT molecular complexity index is 421. The Morgan fingerprint density at radius 1 is 1.44 bits per heavy atom. The molecule has 1 aromatic rings. The van der Waals surface area contributed by atoms with Gasteiger partial charge in [0.15, 0.2) is 0 Å². The zero-order valence-electron chi connectivity index (χ0n) is 8.83. The molecular weight excluding hydrogens is 206 g/mol. The predicted octanol–water partition coefficient (Wildman–Crippen LogP) is 1.89. The van der Waals surface area contributed by atoms with Crippen molar-refractivity contribution in [3.8, 4) is 0 Å². The molecule has 0 saturated carbocycles. The quantitative estimate of drug-likeness (QED) is 0.720. The standard InChI is InChI=1S/C11H11N3O2/c1-2-16-11(15)14-5-3-9-7-12-8-13-10(9)4-6-14/h3-8H,2H2,1H3. The SMILES string of the molecule is CCOC(=O)N1C=Cc2cncnc2C=C1. The summed E-state index contributed by atoms with van der Waals surface area (Å²) in [5, 5.41) is 0. The monoisotopic (exact) mass is 217 g/mol. The lowest BCUT2D eigenvalue weighted by Crippen LogP contribution is -2.20. The fraction of sp³-hybridized carbons (Fsp3) is 0.182. The van der Waals surface area contributed by atoms with Gasteiger partial charge in [0.05, 0.1) is 12.3 Å². The Morgan fingerprint density at radius 3 is 3.06 bits per heavy atom. The number of ether oxygens (including phenoxy) is 1. The Morgan fingerprint density at radius 2 is 2.25 bits per heavy atom. The Hall–Kier alpha value is -2.17. The Balaban J connectivity index is 2.24. The average Bonchev–Trinajstić information content (AvgIpc) is 2.51. The van der Waals surface area contributed by atoms with Gasteiger partial charge in [-0.05, 0) is 19.1 Å². The zero-order chi connectivity index (χ0) is 11.4. The van der Waals surface area contributed by atoms with E-state index in [2.05, 4.69) is 9.97 Å². The molecule has 0 saturated heterocycles. The normalized spacial score (nSPS) is 13.2. The van der Waals surface area contributed by atoms with E-state index in [0.29, 0.717) is 6.61 Å². The largest absolute Gasteiger partial charge is 0.449 e. The molecule has 0 atom stereocenters. The summed E-state index contributed by atoms with van der Waals surface area (Å²) in [6.07, 6.45) is 9.52. The van der Waals surface area contributed by atoms with Crippen LogP contribution in [-0.4, -0.2) is 27.6 Å². The molecule has 0 fully saturated rings. The van der Waals surface area contributed by atoms with Gasteiger partial charge in [-0.2, -0.15) is 0 Å². The number of hydrogen-bond donors (Lipinski definition) is 0. The second-order valence-corrected chi connectivity index (χ2v) is 3.10. The molecule has 2 heterocycles. The van der Waals surface area contributed by atoms with E-state index in [1.807, 2.05) is 0 Å². The van der Waals surface area contributed by atoms with Gasteiger partial charge in [-0.1, -0.05) is 0 Å². The maximum atomic E-state index is 11.5. The van der Waals surface area contributed by atoms with E-state index in [1.165, 1.54) is 11.2 Å². The van der Waals surface area contributed by atoms with Gasteiger partial charge < -0.3 is 4.74 Å². The van der Waals surface area contributed by atoms with E-state index in [9.17, 15) is 4.79 Å². The predicted molar refractivity (Wildman–Crippen MR) is 59.0 cm³/mol. The van der Waals surface area contributed by atoms with Crippen molar-refractivity contribution >= 4 is 18.2 Å². The third-order valence-corrected chi connectivity index (χ3v) is 2.06. The summed E-state index contributed by atoms with van der Waals surface area (Å²) < 4.78 is 4.88. The molecule has 1 amide bonds. The zero-order valence-corrected chi connectivity index (χ0v) is 8.83. The Kier molecular flexibility index (Phi) is 2.95. The van der Waals surface area contributed by atoms with Crippen LogP contribution in [0.2, 0.25) is 0 Å². The Labute approximate surface area is 93.1 Å². The summed E-state index contributed by atoms with van der Waals surface area (Å²) in [5.74, 6) is 0. The van der Waals surface area contributed by atoms with Crippen LogP contribution in [0.15, 0.2) is 24.9 Å². The highest BCUT2D eigenvalue weighted by atomic mass is 16.5. The topological polar surface area (TPSA) is 55.3 Å². The van der Waals surface area contributed by atoms with E-state index in [0.717, 1.165) is 11.3 Å². The number of carbonyl (C=O) groups is 1. The molecule has 1 aliphatic heterocycles. The summed E-state index contributed by atoms with van der Waals surface area (Å²) in [7, 11) is 0. The maximum Gasteiger partial charge on any atom is 0.417 e. The molecule has 0 aliphatic carbocycles. The van der Waals surface area contributed by atoms with Crippen LogP contribution in [0, 0.1) is 0 Å². The molecule has 0 N–H and O–H groups in total. The molecule has 0 unspecified atom stereocenters. The molecule has 0 spiro atoms. The smallest absolute Gasteiger partial charge is 0.417 e. The van der Waals surface area contributed by atoms with Crippen LogP contribution >= 0.6 is 0 Å². The number of aromatic nitrogens is 2. The minimum absolute atomic E-state index is 0.351. The fourth-order valence-electron chi connectivity index (χ4n) is 1.30. The number of carbonyl (C=O) groups excluding carboxylic acids is 1. The highest BCUT2D eigenvalue weighted by Gasteiger charge is 2.11. The van der Waals surface area contributed by atoms with Crippen LogP contribution in [0.5, 0.6) is 0 Å². The van der Waals surface area contributed by atoms with E-state index < -0.39 is 6.09 Å². The van der Waals surface area contributed by atoms with Crippen LogP contribution in [0.4, 0.5) is 4.79 Å². The molecule has 0 aromatic carbocycles. The van der Waals surface area contributed by atoms with E-state index >= 15 is 0 Å². The van der Waals surface area contributed by atoms with Crippen molar-refractivity contribution in [2.24, 2.45) is 0 Å². The van der Waals surface area contributed by atoms with Gasteiger partial charge in [-0.25, -0.2) is 14.8 Å². The van der Waals surface area contributed by atoms with Gasteiger partial charge in [0.2, 0.25) is 0 Å². The van der Waals surface area contributed by atoms with E-state index in [-0.39, 0.29) is 0 Å². The first kappa shape index (κ1) is 10.4. The van der Waals surface area contributed by atoms with Crippen LogP contribution in [0.3, 0.4) is 0 Å². The number of nitrogens with zero attached hydrogens (tertiary/aromatic N) is 3. The molecule has 1 aliphatic rings. The van der Waals surface area contributed by atoms with Gasteiger partial charge in [-0.15, -0.1) is 0 Å². The van der Waals surface area contributed by atoms with Gasteiger partial charge >= 0.3 is 6.09 Å². The van der Waals surface area contributed by atoms with Crippen LogP contribution in [0.1, 0.15) is 18.2 Å². The summed E-state index contributed by atoms with van der Waals surface area (Å²) >= 11 is 0. The number of hydrogen-bond acceptors (Lipinski definition) is 4. The summed E-state index contributed by atoms with van der Waals surface area (Å²) in [6, 6.07) is 0. The van der Waals surface area contributed by atoms with Crippen molar-refractivity contribution < 1.29 is 9.53 Å². The minimum Gasteiger partial charge on any atom is -0.449 e. The average molecular weight is 217 g/mol. The first-order valence-corrected chi connectivity index (χ1v) is 4.92. The number of amides is 1. The van der Waals surface area contributed by atoms with Crippen molar-refractivity contribution in [3.63, 3.8) is 0 Å². The first-order chi connectivity index (χ1) is 7.81. The highest BCUT2D eigenvalue weighted by molar-refractivity contribution is 5.75. The van der Waals surface area contributed by atoms with Crippen molar-refractivity contribution in [2.75, 3.05) is 6.61 Å². The van der Waals surface area contributed by atoms with Crippen LogP contribution in [-0.2, 0) is 4.74 Å². The van der Waals surface area contributed by atoms with Crippen LogP contribution < -0.4 is 0 Å². The van der Waals surface area contributed by atoms with Crippen molar-refractivity contribution in [2.45, 2.75) is 6.92 Å².